The lowest BCUT2D eigenvalue weighted by molar-refractivity contribution is -0.157. The van der Waals surface area contributed by atoms with Crippen molar-refractivity contribution in [3.8, 4) is 11.1 Å². The Labute approximate surface area is 325 Å². The summed E-state index contributed by atoms with van der Waals surface area (Å²) in [7, 11) is 1.92. The van der Waals surface area contributed by atoms with Gasteiger partial charge >= 0.3 is 5.97 Å². The van der Waals surface area contributed by atoms with Crippen LogP contribution < -0.4 is 16.1 Å². The molecule has 2 aliphatic carbocycles. The Morgan fingerprint density at radius 3 is 2.09 bits per heavy atom. The van der Waals surface area contributed by atoms with Gasteiger partial charge in [0.15, 0.2) is 0 Å². The smallest absolute Gasteiger partial charge is 0.325 e. The van der Waals surface area contributed by atoms with E-state index in [4.69, 9.17) is 16.3 Å². The number of carbonyl (C=O) groups excluding carboxylic acids is 3. The van der Waals surface area contributed by atoms with Gasteiger partial charge in [-0.2, -0.15) is 0 Å². The molecule has 10 heteroatoms. The van der Waals surface area contributed by atoms with Crippen LogP contribution in [-0.4, -0.2) is 84.6 Å². The third-order valence-electron chi connectivity index (χ3n) is 12.3. The molecule has 3 fully saturated rings. The van der Waals surface area contributed by atoms with Gasteiger partial charge in [0.2, 0.25) is 5.91 Å². The number of amides is 2. The summed E-state index contributed by atoms with van der Waals surface area (Å²) < 4.78 is 6.08. The molecule has 2 heterocycles. The van der Waals surface area contributed by atoms with Gasteiger partial charge in [-0.05, 0) is 106 Å². The standard InChI is InChI=1S/C44H56ClN5O4/c1-43(2,3)47-42(53)44(30-12-6-5-7-13-30)22-24-50(25-23-44)48-40(51)37(26-29-18-20-31(45)21-19-29)46-38-27-49(4)39(38)41(52)54-28-36-34-16-10-8-14-32(34)33-15-9-11-17-35(33)36/h8-11,14-21,30,36-39,46H,5-7,12-13,22-28H2,1-4H3,(H,47,53)(H,48,51)/t37-,38?,39?/m1/s1. The van der Waals surface area contributed by atoms with E-state index in [0.29, 0.717) is 49.8 Å². The SMILES string of the molecule is CN1CC(N[C@H](Cc2ccc(Cl)cc2)C(=O)NN2CCC(C(=O)NC(C)(C)C)(C3CCCCC3)CC2)C1C(=O)OCC1c2ccccc2-c2ccccc21. The van der Waals surface area contributed by atoms with Crippen LogP contribution in [0.5, 0.6) is 0 Å². The van der Waals surface area contributed by atoms with E-state index in [1.807, 2.05) is 86.3 Å². The molecule has 7 rings (SSSR count). The third kappa shape index (κ3) is 8.25. The molecule has 3 aromatic carbocycles. The Hall–Kier alpha value is -3.76. The maximum absolute atomic E-state index is 14.2. The fourth-order valence-corrected chi connectivity index (χ4v) is 9.53. The number of ether oxygens (including phenoxy) is 1. The fourth-order valence-electron chi connectivity index (χ4n) is 9.41. The minimum absolute atomic E-state index is 0.0255. The number of likely N-dealkylation sites (tertiary alicyclic amines) is 1. The molecular weight excluding hydrogens is 698 g/mol. The van der Waals surface area contributed by atoms with Crippen molar-refractivity contribution in [2.45, 2.75) is 102 Å². The van der Waals surface area contributed by atoms with Gasteiger partial charge < -0.3 is 10.1 Å². The van der Waals surface area contributed by atoms with Crippen LogP contribution in [0.25, 0.3) is 11.1 Å². The van der Waals surface area contributed by atoms with Crippen molar-refractivity contribution >= 4 is 29.4 Å². The quantitative estimate of drug-likeness (QED) is 0.193. The number of rotatable bonds is 11. The normalized spacial score (nSPS) is 22.4. The average Bonchev–Trinajstić information content (AvgIpc) is 3.47. The van der Waals surface area contributed by atoms with Crippen LogP contribution in [0.15, 0.2) is 72.8 Å². The van der Waals surface area contributed by atoms with Crippen LogP contribution in [0.2, 0.25) is 5.02 Å². The van der Waals surface area contributed by atoms with Gasteiger partial charge in [-0.25, -0.2) is 5.01 Å². The number of hydrogen-bond donors (Lipinski definition) is 3. The van der Waals surface area contributed by atoms with E-state index in [9.17, 15) is 14.4 Å². The van der Waals surface area contributed by atoms with E-state index in [-0.39, 0.29) is 41.9 Å². The second-order valence-electron chi connectivity index (χ2n) is 17.1. The number of hydrogen-bond acceptors (Lipinski definition) is 7. The van der Waals surface area contributed by atoms with Gasteiger partial charge in [0.25, 0.3) is 5.91 Å². The molecule has 3 atom stereocenters. The minimum atomic E-state index is -0.608. The van der Waals surface area contributed by atoms with Crippen LogP contribution in [0, 0.1) is 11.3 Å². The number of carbonyl (C=O) groups is 3. The van der Waals surface area contributed by atoms with Gasteiger partial charge in [0, 0.05) is 42.2 Å². The second kappa shape index (κ2) is 16.1. The molecule has 54 heavy (non-hydrogen) atoms. The summed E-state index contributed by atoms with van der Waals surface area (Å²) in [5, 5.41) is 9.49. The van der Waals surface area contributed by atoms with Gasteiger partial charge in [0.05, 0.1) is 11.5 Å². The highest BCUT2D eigenvalue weighted by molar-refractivity contribution is 6.30. The molecule has 0 bridgehead atoms. The number of benzene rings is 3. The van der Waals surface area contributed by atoms with Crippen molar-refractivity contribution < 1.29 is 19.1 Å². The van der Waals surface area contributed by atoms with Crippen molar-refractivity contribution in [1.82, 2.24) is 26.0 Å². The lowest BCUT2D eigenvalue weighted by atomic mass is 9.63. The van der Waals surface area contributed by atoms with Crippen molar-refractivity contribution in [3.63, 3.8) is 0 Å². The first-order valence-electron chi connectivity index (χ1n) is 19.9. The molecular formula is C44H56ClN5O4. The number of nitrogens with zero attached hydrogens (tertiary/aromatic N) is 2. The number of hydrazine groups is 1. The monoisotopic (exact) mass is 753 g/mol. The number of likely N-dealkylation sites (N-methyl/N-ethyl adjacent to an activating group) is 1. The largest absolute Gasteiger partial charge is 0.463 e. The zero-order valence-electron chi connectivity index (χ0n) is 32.2. The minimum Gasteiger partial charge on any atom is -0.463 e. The molecule has 2 amide bonds. The van der Waals surface area contributed by atoms with E-state index in [2.05, 4.69) is 40.3 Å². The number of piperidine rings is 1. The van der Waals surface area contributed by atoms with Gasteiger partial charge in [-0.15, -0.1) is 0 Å². The highest BCUT2D eigenvalue weighted by atomic mass is 35.5. The van der Waals surface area contributed by atoms with E-state index in [0.717, 1.165) is 18.4 Å². The Kier molecular flexibility index (Phi) is 11.5. The molecule has 0 radical (unpaired) electrons. The Morgan fingerprint density at radius 2 is 1.50 bits per heavy atom. The van der Waals surface area contributed by atoms with E-state index >= 15 is 0 Å². The molecule has 2 aliphatic heterocycles. The summed E-state index contributed by atoms with van der Waals surface area (Å²) >= 11 is 6.21. The first-order chi connectivity index (χ1) is 25.9. The molecule has 4 aliphatic rings. The van der Waals surface area contributed by atoms with Gasteiger partial charge in [-0.3, -0.25) is 30.0 Å². The van der Waals surface area contributed by atoms with Crippen molar-refractivity contribution in [2.75, 3.05) is 33.3 Å². The maximum atomic E-state index is 14.2. The number of esters is 1. The van der Waals surface area contributed by atoms with Crippen LogP contribution in [0.3, 0.4) is 0 Å². The van der Waals surface area contributed by atoms with Crippen LogP contribution in [0.1, 0.15) is 88.3 Å². The van der Waals surface area contributed by atoms with E-state index in [1.54, 1.807) is 0 Å². The summed E-state index contributed by atoms with van der Waals surface area (Å²) in [5.41, 5.74) is 8.16. The summed E-state index contributed by atoms with van der Waals surface area (Å²) in [6.07, 6.45) is 7.56. The van der Waals surface area contributed by atoms with E-state index in [1.165, 1.54) is 41.5 Å². The molecule has 3 aromatic rings. The number of halogens is 1. The molecule has 0 aromatic heterocycles. The molecule has 2 unspecified atom stereocenters. The average molecular weight is 754 g/mol. The zero-order valence-corrected chi connectivity index (χ0v) is 33.0. The number of nitrogens with one attached hydrogen (secondary N) is 3. The maximum Gasteiger partial charge on any atom is 0.325 e. The summed E-state index contributed by atoms with van der Waals surface area (Å²) in [4.78, 5) is 43.9. The third-order valence-corrected chi connectivity index (χ3v) is 12.5. The highest BCUT2D eigenvalue weighted by Gasteiger charge is 2.49. The molecule has 9 nitrogen and oxygen atoms in total. The molecule has 0 spiro atoms. The Bertz CT molecular complexity index is 1770. The summed E-state index contributed by atoms with van der Waals surface area (Å²) in [6.45, 7) is 8.19. The molecule has 1 saturated carbocycles. The number of fused-ring (bicyclic) bond motifs is 3. The molecule has 2 saturated heterocycles. The van der Waals surface area contributed by atoms with Gasteiger partial charge in [-0.1, -0.05) is 91.5 Å². The van der Waals surface area contributed by atoms with Crippen LogP contribution >= 0.6 is 11.6 Å². The predicted molar refractivity (Wildman–Crippen MR) is 213 cm³/mol. The second-order valence-corrected chi connectivity index (χ2v) is 17.5. The first-order valence-corrected chi connectivity index (χ1v) is 20.2. The summed E-state index contributed by atoms with van der Waals surface area (Å²) in [5.74, 6) is 0.0368. The lowest BCUT2D eigenvalue weighted by Crippen LogP contribution is -2.70. The Balaban J connectivity index is 1.02. The predicted octanol–water partition coefficient (Wildman–Crippen LogP) is 6.49. The lowest BCUT2D eigenvalue weighted by Gasteiger charge is -2.48. The van der Waals surface area contributed by atoms with Crippen LogP contribution in [-0.2, 0) is 25.5 Å². The van der Waals surface area contributed by atoms with E-state index < -0.39 is 17.5 Å². The van der Waals surface area contributed by atoms with Crippen molar-refractivity contribution in [2.24, 2.45) is 11.3 Å². The van der Waals surface area contributed by atoms with Crippen LogP contribution in [0.4, 0.5) is 0 Å². The zero-order chi connectivity index (χ0) is 38.0. The topological polar surface area (TPSA) is 103 Å². The molecule has 288 valence electrons. The highest BCUT2D eigenvalue weighted by Crippen LogP contribution is 2.47. The van der Waals surface area contributed by atoms with Crippen molar-refractivity contribution in [3.05, 3.63) is 94.5 Å². The fraction of sp³-hybridized carbons (Fsp3) is 0.523. The Morgan fingerprint density at radius 1 is 0.889 bits per heavy atom. The first kappa shape index (κ1) is 38.5. The van der Waals surface area contributed by atoms with Crippen molar-refractivity contribution in [1.29, 1.82) is 0 Å². The molecule has 3 N–H and O–H groups in total. The summed E-state index contributed by atoms with van der Waals surface area (Å²) in [6, 6.07) is 22.8. The van der Waals surface area contributed by atoms with Gasteiger partial charge in [0.1, 0.15) is 12.6 Å².